The van der Waals surface area contributed by atoms with E-state index in [-0.39, 0.29) is 18.0 Å². The van der Waals surface area contributed by atoms with Crippen molar-refractivity contribution in [3.63, 3.8) is 0 Å². The third-order valence-electron chi connectivity index (χ3n) is 5.35. The SMILES string of the molecule is CN1C2COCC1CC(C(=O)c1ccc(C3OCCO3)cc1)C2. The van der Waals surface area contributed by atoms with Gasteiger partial charge in [-0.25, -0.2) is 0 Å². The standard InChI is InChI=1S/C18H23NO4/c1-19-15-8-14(9-16(19)11-21-10-15)17(20)12-2-4-13(5-3-12)18-22-6-7-23-18/h2-5,14-16,18H,6-11H2,1H3. The number of hydrogen-bond acceptors (Lipinski definition) is 5. The van der Waals surface area contributed by atoms with E-state index in [4.69, 9.17) is 14.2 Å². The van der Waals surface area contributed by atoms with Crippen LogP contribution in [0.5, 0.6) is 0 Å². The maximum absolute atomic E-state index is 12.8. The minimum absolute atomic E-state index is 0.106. The number of hydrogen-bond donors (Lipinski definition) is 0. The number of benzene rings is 1. The van der Waals surface area contributed by atoms with Crippen LogP contribution >= 0.6 is 0 Å². The van der Waals surface area contributed by atoms with Crippen molar-refractivity contribution in [3.8, 4) is 0 Å². The molecular weight excluding hydrogens is 294 g/mol. The number of likely N-dealkylation sites (N-methyl/N-ethyl adjacent to an activating group) is 1. The van der Waals surface area contributed by atoms with E-state index in [1.165, 1.54) is 0 Å². The normalized spacial score (nSPS) is 32.1. The highest BCUT2D eigenvalue weighted by Crippen LogP contribution is 2.32. The second kappa shape index (κ2) is 6.32. The quantitative estimate of drug-likeness (QED) is 0.798. The van der Waals surface area contributed by atoms with Gasteiger partial charge in [0.1, 0.15) is 0 Å². The highest BCUT2D eigenvalue weighted by atomic mass is 16.7. The predicted octanol–water partition coefficient (Wildman–Crippen LogP) is 2.02. The first-order chi connectivity index (χ1) is 11.2. The first-order valence-electron chi connectivity index (χ1n) is 8.39. The van der Waals surface area contributed by atoms with Gasteiger partial charge in [0.25, 0.3) is 0 Å². The number of piperidine rings is 1. The number of carbonyl (C=O) groups excluding carboxylic acids is 1. The van der Waals surface area contributed by atoms with Crippen LogP contribution in [0.25, 0.3) is 0 Å². The Bertz CT molecular complexity index is 553. The molecule has 0 radical (unpaired) electrons. The average Bonchev–Trinajstić information content (AvgIpc) is 3.08. The van der Waals surface area contributed by atoms with Crippen LogP contribution in [0.1, 0.15) is 35.1 Å². The zero-order chi connectivity index (χ0) is 15.8. The highest BCUT2D eigenvalue weighted by Gasteiger charge is 2.39. The molecule has 3 saturated heterocycles. The molecule has 3 heterocycles. The lowest BCUT2D eigenvalue weighted by Crippen LogP contribution is -2.55. The van der Waals surface area contributed by atoms with Gasteiger partial charge >= 0.3 is 0 Å². The van der Waals surface area contributed by atoms with Gasteiger partial charge in [-0.15, -0.1) is 0 Å². The Labute approximate surface area is 136 Å². The first-order valence-corrected chi connectivity index (χ1v) is 8.39. The van der Waals surface area contributed by atoms with E-state index in [1.807, 2.05) is 24.3 Å². The second-order valence-electron chi connectivity index (χ2n) is 6.74. The summed E-state index contributed by atoms with van der Waals surface area (Å²) in [7, 11) is 2.15. The molecule has 23 heavy (non-hydrogen) atoms. The fraction of sp³-hybridized carbons (Fsp3) is 0.611. The second-order valence-corrected chi connectivity index (χ2v) is 6.74. The van der Waals surface area contributed by atoms with Crippen molar-refractivity contribution in [1.29, 1.82) is 0 Å². The molecule has 3 fully saturated rings. The summed E-state index contributed by atoms with van der Waals surface area (Å²) in [4.78, 5) is 15.2. The Morgan fingerprint density at radius 3 is 2.26 bits per heavy atom. The van der Waals surface area contributed by atoms with E-state index in [0.29, 0.717) is 25.3 Å². The zero-order valence-corrected chi connectivity index (χ0v) is 13.4. The maximum atomic E-state index is 12.8. The molecule has 3 aliphatic rings. The van der Waals surface area contributed by atoms with Crippen LogP contribution in [-0.2, 0) is 14.2 Å². The number of carbonyl (C=O) groups is 1. The van der Waals surface area contributed by atoms with Crippen LogP contribution in [0, 0.1) is 5.92 Å². The summed E-state index contributed by atoms with van der Waals surface area (Å²) >= 11 is 0. The van der Waals surface area contributed by atoms with Crippen molar-refractivity contribution < 1.29 is 19.0 Å². The Kier molecular flexibility index (Phi) is 4.20. The lowest BCUT2D eigenvalue weighted by atomic mass is 9.81. The molecule has 1 aromatic rings. The Morgan fingerprint density at radius 1 is 1.04 bits per heavy atom. The molecule has 3 aliphatic heterocycles. The Balaban J connectivity index is 1.46. The van der Waals surface area contributed by atoms with E-state index in [9.17, 15) is 4.79 Å². The lowest BCUT2D eigenvalue weighted by Gasteiger charge is -2.46. The number of ketones is 1. The molecule has 0 saturated carbocycles. The molecule has 1 aromatic carbocycles. The van der Waals surface area contributed by atoms with Gasteiger partial charge in [-0.05, 0) is 19.9 Å². The molecule has 5 nitrogen and oxygen atoms in total. The summed E-state index contributed by atoms with van der Waals surface area (Å²) in [5.41, 5.74) is 1.77. The topological polar surface area (TPSA) is 48.0 Å². The van der Waals surface area contributed by atoms with Crippen LogP contribution in [0.3, 0.4) is 0 Å². The summed E-state index contributed by atoms with van der Waals surface area (Å²) in [6.07, 6.45) is 1.50. The van der Waals surface area contributed by atoms with Crippen molar-refractivity contribution >= 4 is 5.78 Å². The molecule has 5 heteroatoms. The molecule has 4 rings (SSSR count). The largest absolute Gasteiger partial charge is 0.378 e. The average molecular weight is 317 g/mol. The van der Waals surface area contributed by atoms with Crippen LogP contribution in [0.4, 0.5) is 0 Å². The van der Waals surface area contributed by atoms with Crippen LogP contribution < -0.4 is 0 Å². The maximum Gasteiger partial charge on any atom is 0.184 e. The van der Waals surface area contributed by atoms with E-state index >= 15 is 0 Å². The van der Waals surface area contributed by atoms with Crippen molar-refractivity contribution in [3.05, 3.63) is 35.4 Å². The molecule has 124 valence electrons. The number of nitrogens with zero attached hydrogens (tertiary/aromatic N) is 1. The van der Waals surface area contributed by atoms with Gasteiger partial charge < -0.3 is 14.2 Å². The summed E-state index contributed by atoms with van der Waals surface area (Å²) < 4.78 is 16.6. The van der Waals surface area contributed by atoms with Gasteiger partial charge in [-0.2, -0.15) is 0 Å². The molecule has 0 aromatic heterocycles. The fourth-order valence-corrected chi connectivity index (χ4v) is 3.90. The van der Waals surface area contributed by atoms with Crippen molar-refractivity contribution in [2.75, 3.05) is 33.5 Å². The van der Waals surface area contributed by atoms with E-state index < -0.39 is 0 Å². The number of Topliss-reactive ketones (excluding diaryl/α,β-unsaturated/α-hetero) is 1. The molecule has 0 aliphatic carbocycles. The van der Waals surface area contributed by atoms with Gasteiger partial charge in [0.05, 0.1) is 26.4 Å². The summed E-state index contributed by atoms with van der Waals surface area (Å²) in [5.74, 6) is 0.365. The van der Waals surface area contributed by atoms with E-state index in [0.717, 1.165) is 37.2 Å². The lowest BCUT2D eigenvalue weighted by molar-refractivity contribution is -0.0702. The third-order valence-corrected chi connectivity index (χ3v) is 5.35. The van der Waals surface area contributed by atoms with Crippen LogP contribution in [0.15, 0.2) is 24.3 Å². The molecule has 2 unspecified atom stereocenters. The summed E-state index contributed by atoms with van der Waals surface area (Å²) in [6.45, 7) is 2.75. The molecule has 0 spiro atoms. The molecule has 2 bridgehead atoms. The number of morpholine rings is 1. The Morgan fingerprint density at radius 2 is 1.65 bits per heavy atom. The van der Waals surface area contributed by atoms with Gasteiger partial charge in [-0.3, -0.25) is 9.69 Å². The monoisotopic (exact) mass is 317 g/mol. The zero-order valence-electron chi connectivity index (χ0n) is 13.4. The minimum atomic E-state index is -0.279. The molecule has 2 atom stereocenters. The summed E-state index contributed by atoms with van der Waals surface area (Å²) in [5, 5.41) is 0. The number of ether oxygens (including phenoxy) is 3. The van der Waals surface area contributed by atoms with Gasteiger partial charge in [0, 0.05) is 29.1 Å². The third kappa shape index (κ3) is 2.94. The predicted molar refractivity (Wildman–Crippen MR) is 84.3 cm³/mol. The van der Waals surface area contributed by atoms with E-state index in [1.54, 1.807) is 0 Å². The number of rotatable bonds is 3. The van der Waals surface area contributed by atoms with Gasteiger partial charge in [0.2, 0.25) is 0 Å². The molecule has 0 N–H and O–H groups in total. The first kappa shape index (κ1) is 15.3. The number of fused-ring (bicyclic) bond motifs is 2. The fourth-order valence-electron chi connectivity index (χ4n) is 3.90. The van der Waals surface area contributed by atoms with Crippen LogP contribution in [-0.4, -0.2) is 56.2 Å². The van der Waals surface area contributed by atoms with Gasteiger partial charge in [0.15, 0.2) is 12.1 Å². The van der Waals surface area contributed by atoms with Crippen molar-refractivity contribution in [2.45, 2.75) is 31.2 Å². The smallest absolute Gasteiger partial charge is 0.184 e. The van der Waals surface area contributed by atoms with Crippen molar-refractivity contribution in [2.24, 2.45) is 5.92 Å². The van der Waals surface area contributed by atoms with Gasteiger partial charge in [-0.1, -0.05) is 24.3 Å². The molecular formula is C18H23NO4. The Hall–Kier alpha value is -1.27. The molecule has 0 amide bonds. The summed E-state index contributed by atoms with van der Waals surface area (Å²) in [6, 6.07) is 8.46. The van der Waals surface area contributed by atoms with Crippen LogP contribution in [0.2, 0.25) is 0 Å². The van der Waals surface area contributed by atoms with E-state index in [2.05, 4.69) is 11.9 Å². The van der Waals surface area contributed by atoms with Crippen molar-refractivity contribution in [1.82, 2.24) is 4.90 Å². The highest BCUT2D eigenvalue weighted by molar-refractivity contribution is 5.98. The minimum Gasteiger partial charge on any atom is -0.378 e.